The molecule has 0 aromatic carbocycles. The summed E-state index contributed by atoms with van der Waals surface area (Å²) < 4.78 is 5.47. The summed E-state index contributed by atoms with van der Waals surface area (Å²) in [5.74, 6) is -0.0587. The molecule has 0 heterocycles. The number of ether oxygens (including phenoxy) is 1. The quantitative estimate of drug-likeness (QED) is 0.0321. The van der Waals surface area contributed by atoms with Gasteiger partial charge in [-0.1, -0.05) is 296 Å². The minimum absolute atomic E-state index is 0.00951. The molecule has 1 amide bonds. The molecule has 0 saturated heterocycles. The van der Waals surface area contributed by atoms with Crippen molar-refractivity contribution in [2.45, 2.75) is 341 Å². The van der Waals surface area contributed by atoms with E-state index < -0.39 is 12.1 Å². The average Bonchev–Trinajstić information content (AvgIpc) is 3.31. The molecule has 6 heteroatoms. The number of carbonyl (C=O) groups excluding carboxylic acids is 2. The van der Waals surface area contributed by atoms with Gasteiger partial charge in [0.05, 0.1) is 25.4 Å². The van der Waals surface area contributed by atoms with Crippen LogP contribution < -0.4 is 5.32 Å². The fourth-order valence-electron chi connectivity index (χ4n) is 9.28. The fourth-order valence-corrected chi connectivity index (χ4v) is 9.28. The van der Waals surface area contributed by atoms with Crippen molar-refractivity contribution >= 4 is 11.9 Å². The van der Waals surface area contributed by atoms with Crippen LogP contribution in [-0.2, 0) is 14.3 Å². The zero-order valence-electron chi connectivity index (χ0n) is 44.0. The standard InChI is InChI=1S/C59H115NO5/c1-3-5-7-9-11-13-15-17-18-22-25-28-31-35-39-43-47-51-57(62)56(55-61)60-58(63)52-48-44-40-36-32-29-26-23-20-19-21-24-27-30-34-38-42-46-50-54-65-59(64)53-49-45-41-37-33-16-14-12-10-8-6-4-2/h47,51,56-57,61-62H,3-46,48-50,52-55H2,1-2H3,(H,60,63)/b51-47+. The van der Waals surface area contributed by atoms with Crippen LogP contribution in [0, 0.1) is 0 Å². The molecule has 0 aliphatic rings. The van der Waals surface area contributed by atoms with Gasteiger partial charge in [0.2, 0.25) is 5.91 Å². The zero-order chi connectivity index (χ0) is 47.2. The normalized spacial score (nSPS) is 12.6. The second-order valence-corrected chi connectivity index (χ2v) is 20.3. The number of allylic oxidation sites excluding steroid dienone is 1. The van der Waals surface area contributed by atoms with Crippen molar-refractivity contribution in [1.82, 2.24) is 5.32 Å². The van der Waals surface area contributed by atoms with Gasteiger partial charge < -0.3 is 20.3 Å². The van der Waals surface area contributed by atoms with Crippen LogP contribution in [-0.4, -0.2) is 47.4 Å². The van der Waals surface area contributed by atoms with Crippen LogP contribution in [0.4, 0.5) is 0 Å². The molecule has 0 aromatic rings. The van der Waals surface area contributed by atoms with Crippen LogP contribution in [0.15, 0.2) is 12.2 Å². The molecule has 65 heavy (non-hydrogen) atoms. The third-order valence-electron chi connectivity index (χ3n) is 13.8. The monoisotopic (exact) mass is 918 g/mol. The van der Waals surface area contributed by atoms with Crippen molar-refractivity contribution in [2.24, 2.45) is 0 Å². The summed E-state index contributed by atoms with van der Waals surface area (Å²) in [7, 11) is 0. The van der Waals surface area contributed by atoms with Crippen LogP contribution in [0.25, 0.3) is 0 Å². The van der Waals surface area contributed by atoms with Gasteiger partial charge in [-0.3, -0.25) is 9.59 Å². The highest BCUT2D eigenvalue weighted by Gasteiger charge is 2.18. The molecule has 0 radical (unpaired) electrons. The minimum Gasteiger partial charge on any atom is -0.466 e. The van der Waals surface area contributed by atoms with Crippen molar-refractivity contribution in [3.63, 3.8) is 0 Å². The molecule has 0 aliphatic carbocycles. The minimum atomic E-state index is -0.845. The molecular formula is C59H115NO5. The highest BCUT2D eigenvalue weighted by Crippen LogP contribution is 2.17. The number of carbonyl (C=O) groups is 2. The summed E-state index contributed by atoms with van der Waals surface area (Å²) in [6.07, 6.45) is 65.2. The Morgan fingerprint density at radius 1 is 0.415 bits per heavy atom. The Balaban J connectivity index is 3.43. The Labute approximate surface area is 406 Å². The van der Waals surface area contributed by atoms with Gasteiger partial charge >= 0.3 is 5.97 Å². The molecule has 2 unspecified atom stereocenters. The van der Waals surface area contributed by atoms with E-state index in [9.17, 15) is 19.8 Å². The number of nitrogens with one attached hydrogen (secondary N) is 1. The van der Waals surface area contributed by atoms with E-state index in [0.29, 0.717) is 19.4 Å². The number of amides is 1. The smallest absolute Gasteiger partial charge is 0.305 e. The van der Waals surface area contributed by atoms with E-state index in [1.165, 1.54) is 263 Å². The van der Waals surface area contributed by atoms with E-state index in [1.807, 2.05) is 6.08 Å². The Morgan fingerprint density at radius 3 is 1.05 bits per heavy atom. The first-order valence-electron chi connectivity index (χ1n) is 29.5. The van der Waals surface area contributed by atoms with Crippen LogP contribution in [0.5, 0.6) is 0 Å². The third-order valence-corrected chi connectivity index (χ3v) is 13.8. The number of aliphatic hydroxyl groups is 2. The summed E-state index contributed by atoms with van der Waals surface area (Å²) in [6.45, 7) is 4.92. The number of rotatable bonds is 55. The summed E-state index contributed by atoms with van der Waals surface area (Å²) in [4.78, 5) is 24.5. The molecule has 0 aromatic heterocycles. The maximum absolute atomic E-state index is 12.5. The first kappa shape index (κ1) is 63.6. The van der Waals surface area contributed by atoms with Gasteiger partial charge in [0.15, 0.2) is 0 Å². The molecule has 386 valence electrons. The first-order chi connectivity index (χ1) is 32.0. The Bertz CT molecular complexity index is 970. The largest absolute Gasteiger partial charge is 0.466 e. The van der Waals surface area contributed by atoms with Crippen molar-refractivity contribution in [1.29, 1.82) is 0 Å². The van der Waals surface area contributed by atoms with Crippen LogP contribution >= 0.6 is 0 Å². The van der Waals surface area contributed by atoms with Gasteiger partial charge in [0, 0.05) is 12.8 Å². The Morgan fingerprint density at radius 2 is 0.708 bits per heavy atom. The lowest BCUT2D eigenvalue weighted by Gasteiger charge is -2.20. The first-order valence-corrected chi connectivity index (χ1v) is 29.5. The SMILES string of the molecule is CCCCCCCCCCCCCCCCC/C=C/C(O)C(CO)NC(=O)CCCCCCCCCCCCCCCCCCCCCOC(=O)CCCCCCCCCCCCCC. The van der Waals surface area contributed by atoms with E-state index in [-0.39, 0.29) is 18.5 Å². The average molecular weight is 919 g/mol. The van der Waals surface area contributed by atoms with Crippen LogP contribution in [0.3, 0.4) is 0 Å². The molecule has 0 rings (SSSR count). The molecule has 0 bridgehead atoms. The van der Waals surface area contributed by atoms with Gasteiger partial charge in [-0.25, -0.2) is 0 Å². The number of hydrogen-bond donors (Lipinski definition) is 3. The molecular weight excluding hydrogens is 803 g/mol. The summed E-state index contributed by atoms with van der Waals surface area (Å²) >= 11 is 0. The van der Waals surface area contributed by atoms with Crippen molar-refractivity contribution in [3.05, 3.63) is 12.2 Å². The molecule has 3 N–H and O–H groups in total. The molecule has 0 aliphatic heterocycles. The summed E-state index contributed by atoms with van der Waals surface area (Å²) in [6, 6.07) is -0.629. The van der Waals surface area contributed by atoms with Crippen molar-refractivity contribution in [3.8, 4) is 0 Å². The topological polar surface area (TPSA) is 95.9 Å². The highest BCUT2D eigenvalue weighted by molar-refractivity contribution is 5.76. The summed E-state index contributed by atoms with van der Waals surface area (Å²) in [5.41, 5.74) is 0. The third kappa shape index (κ3) is 51.8. The second-order valence-electron chi connectivity index (χ2n) is 20.3. The molecule has 0 saturated carbocycles. The van der Waals surface area contributed by atoms with Gasteiger partial charge in [0.1, 0.15) is 0 Å². The van der Waals surface area contributed by atoms with E-state index in [1.54, 1.807) is 6.08 Å². The van der Waals surface area contributed by atoms with Gasteiger partial charge in [0.25, 0.3) is 0 Å². The van der Waals surface area contributed by atoms with Crippen LogP contribution in [0.2, 0.25) is 0 Å². The lowest BCUT2D eigenvalue weighted by atomic mass is 10.0. The molecule has 6 nitrogen and oxygen atoms in total. The van der Waals surface area contributed by atoms with Gasteiger partial charge in [-0.2, -0.15) is 0 Å². The predicted molar refractivity (Wildman–Crippen MR) is 283 cm³/mol. The lowest BCUT2D eigenvalue weighted by molar-refractivity contribution is -0.143. The number of esters is 1. The Kier molecular flexibility index (Phi) is 54.0. The van der Waals surface area contributed by atoms with Gasteiger partial charge in [-0.05, 0) is 32.1 Å². The Hall–Kier alpha value is -1.40. The fraction of sp³-hybridized carbons (Fsp3) is 0.932. The maximum Gasteiger partial charge on any atom is 0.305 e. The highest BCUT2D eigenvalue weighted by atomic mass is 16.5. The number of aliphatic hydroxyl groups excluding tert-OH is 2. The van der Waals surface area contributed by atoms with E-state index >= 15 is 0 Å². The number of unbranched alkanes of at least 4 members (excludes halogenated alkanes) is 44. The van der Waals surface area contributed by atoms with Crippen LogP contribution in [0.1, 0.15) is 328 Å². The van der Waals surface area contributed by atoms with E-state index in [4.69, 9.17) is 4.74 Å². The summed E-state index contributed by atoms with van der Waals surface area (Å²) in [5, 5.41) is 23.1. The second kappa shape index (κ2) is 55.2. The van der Waals surface area contributed by atoms with Crippen molar-refractivity contribution < 1.29 is 24.5 Å². The predicted octanol–water partition coefficient (Wildman–Crippen LogP) is 18.1. The molecule has 0 spiro atoms. The van der Waals surface area contributed by atoms with Crippen molar-refractivity contribution in [2.75, 3.05) is 13.2 Å². The van der Waals surface area contributed by atoms with E-state index in [2.05, 4.69) is 19.2 Å². The van der Waals surface area contributed by atoms with E-state index in [0.717, 1.165) is 38.5 Å². The molecule has 0 fully saturated rings. The molecule has 2 atom stereocenters. The zero-order valence-corrected chi connectivity index (χ0v) is 44.0. The number of hydrogen-bond acceptors (Lipinski definition) is 5. The lowest BCUT2D eigenvalue weighted by Crippen LogP contribution is -2.45. The maximum atomic E-state index is 12.5. The van der Waals surface area contributed by atoms with Gasteiger partial charge in [-0.15, -0.1) is 0 Å².